The number of amides is 2. The van der Waals surface area contributed by atoms with Gasteiger partial charge in [-0.15, -0.1) is 11.3 Å². The van der Waals surface area contributed by atoms with Gasteiger partial charge < -0.3 is 15.8 Å². The average molecular weight is 336 g/mol. The Morgan fingerprint density at radius 2 is 2.00 bits per heavy atom. The van der Waals surface area contributed by atoms with Crippen LogP contribution in [0.2, 0.25) is 0 Å². The Hall–Kier alpha value is -1.89. The molecule has 6 nitrogen and oxygen atoms in total. The first-order valence-electron chi connectivity index (χ1n) is 7.74. The summed E-state index contributed by atoms with van der Waals surface area (Å²) in [6, 6.07) is 0. The minimum atomic E-state index is -0.655. The fraction of sp³-hybridized carbons (Fsp3) is 0.562. The van der Waals surface area contributed by atoms with Crippen molar-refractivity contribution in [2.75, 3.05) is 12.4 Å². The van der Waals surface area contributed by atoms with Crippen molar-refractivity contribution in [1.29, 1.82) is 0 Å². The molecule has 0 aromatic carbocycles. The highest BCUT2D eigenvalue weighted by Crippen LogP contribution is 2.48. The van der Waals surface area contributed by atoms with E-state index in [-0.39, 0.29) is 17.4 Å². The van der Waals surface area contributed by atoms with Gasteiger partial charge in [-0.3, -0.25) is 9.59 Å². The molecule has 23 heavy (non-hydrogen) atoms. The number of nitrogens with two attached hydrogens (primary N) is 1. The third-order valence-corrected chi connectivity index (χ3v) is 6.26. The molecule has 2 aliphatic rings. The van der Waals surface area contributed by atoms with E-state index in [1.165, 1.54) is 13.5 Å². The number of fused-ring (bicyclic) bond motifs is 2. The maximum Gasteiger partial charge on any atom is 0.348 e. The number of primary amides is 1. The molecule has 2 amide bonds. The topological polar surface area (TPSA) is 98.5 Å². The summed E-state index contributed by atoms with van der Waals surface area (Å²) < 4.78 is 4.72. The number of thiophene rings is 1. The molecule has 3 atom stereocenters. The van der Waals surface area contributed by atoms with Crippen molar-refractivity contribution < 1.29 is 19.1 Å². The van der Waals surface area contributed by atoms with Gasteiger partial charge >= 0.3 is 5.97 Å². The number of nitrogens with one attached hydrogen (secondary N) is 1. The van der Waals surface area contributed by atoms with Crippen LogP contribution in [0.1, 0.15) is 51.3 Å². The quantitative estimate of drug-likeness (QED) is 0.824. The normalized spacial score (nSPS) is 25.4. The van der Waals surface area contributed by atoms with E-state index in [9.17, 15) is 14.4 Å². The SMILES string of the molecule is COC(=O)c1sc(NC(=O)[C@H]2C[C@H]3CC[C@@H]2C3)c(C(N)=O)c1C. The molecular formula is C16H20N2O4S. The molecule has 2 aliphatic carbocycles. The van der Waals surface area contributed by atoms with E-state index in [0.717, 1.165) is 30.6 Å². The monoisotopic (exact) mass is 336 g/mol. The summed E-state index contributed by atoms with van der Waals surface area (Å²) in [6.07, 6.45) is 4.35. The summed E-state index contributed by atoms with van der Waals surface area (Å²) in [4.78, 5) is 36.4. The predicted molar refractivity (Wildman–Crippen MR) is 86.5 cm³/mol. The molecule has 2 saturated carbocycles. The first-order chi connectivity index (χ1) is 10.9. The molecule has 0 aliphatic heterocycles. The van der Waals surface area contributed by atoms with E-state index in [2.05, 4.69) is 5.32 Å². The van der Waals surface area contributed by atoms with E-state index in [0.29, 0.717) is 27.3 Å². The van der Waals surface area contributed by atoms with Crippen LogP contribution >= 0.6 is 11.3 Å². The molecule has 124 valence electrons. The summed E-state index contributed by atoms with van der Waals surface area (Å²) in [5.74, 6) is -0.163. The molecule has 1 aromatic rings. The Labute approximate surface area is 138 Å². The summed E-state index contributed by atoms with van der Waals surface area (Å²) in [5.41, 5.74) is 6.08. The second-order valence-corrected chi connectivity index (χ2v) is 7.41. The number of hydrogen-bond acceptors (Lipinski definition) is 5. The van der Waals surface area contributed by atoms with Crippen molar-refractivity contribution in [1.82, 2.24) is 0 Å². The van der Waals surface area contributed by atoms with Gasteiger partial charge in [0.15, 0.2) is 0 Å². The highest BCUT2D eigenvalue weighted by Gasteiger charge is 2.43. The Morgan fingerprint density at radius 3 is 2.52 bits per heavy atom. The number of methoxy groups -OCH3 is 1. The zero-order valence-electron chi connectivity index (χ0n) is 13.2. The summed E-state index contributed by atoms with van der Waals surface area (Å²) >= 11 is 1.05. The van der Waals surface area contributed by atoms with E-state index in [4.69, 9.17) is 10.5 Å². The molecule has 7 heteroatoms. The molecule has 0 saturated heterocycles. The minimum Gasteiger partial charge on any atom is -0.465 e. The van der Waals surface area contributed by atoms with Gasteiger partial charge in [-0.2, -0.15) is 0 Å². The van der Waals surface area contributed by atoms with E-state index in [1.807, 2.05) is 0 Å². The largest absolute Gasteiger partial charge is 0.465 e. The lowest BCUT2D eigenvalue weighted by atomic mass is 9.88. The maximum atomic E-state index is 12.6. The molecule has 2 fully saturated rings. The second-order valence-electron chi connectivity index (χ2n) is 6.39. The van der Waals surface area contributed by atoms with Crippen molar-refractivity contribution in [2.24, 2.45) is 23.5 Å². The molecule has 1 aromatic heterocycles. The molecule has 3 rings (SSSR count). The first-order valence-corrected chi connectivity index (χ1v) is 8.56. The highest BCUT2D eigenvalue weighted by molar-refractivity contribution is 7.18. The van der Waals surface area contributed by atoms with Crippen LogP contribution in [0.3, 0.4) is 0 Å². The van der Waals surface area contributed by atoms with Gasteiger partial charge in [-0.05, 0) is 43.6 Å². The van der Waals surface area contributed by atoms with Crippen molar-refractivity contribution in [3.05, 3.63) is 16.0 Å². The number of esters is 1. The number of carbonyl (C=O) groups excluding carboxylic acids is 3. The lowest BCUT2D eigenvalue weighted by molar-refractivity contribution is -0.121. The molecule has 0 unspecified atom stereocenters. The standard InChI is InChI=1S/C16H20N2O4S/c1-7-11(13(17)19)15(23-12(7)16(21)22-2)18-14(20)10-6-8-3-4-9(10)5-8/h8-10H,3-6H2,1-2H3,(H2,17,19)(H,18,20)/t8-,9+,10-/m0/s1. The number of carbonyl (C=O) groups is 3. The highest BCUT2D eigenvalue weighted by atomic mass is 32.1. The summed E-state index contributed by atoms with van der Waals surface area (Å²) in [5, 5.41) is 3.18. The Morgan fingerprint density at radius 1 is 1.26 bits per heavy atom. The van der Waals surface area contributed by atoms with Gasteiger partial charge in [0.1, 0.15) is 9.88 Å². The fourth-order valence-corrected chi connectivity index (χ4v) is 5.09. The average Bonchev–Trinajstić information content (AvgIpc) is 3.20. The first kappa shape index (κ1) is 16.0. The Kier molecular flexibility index (Phi) is 4.14. The summed E-state index contributed by atoms with van der Waals surface area (Å²) in [6.45, 7) is 1.63. The lowest BCUT2D eigenvalue weighted by Gasteiger charge is -2.20. The fourth-order valence-electron chi connectivity index (χ4n) is 3.96. The summed E-state index contributed by atoms with van der Waals surface area (Å²) in [7, 11) is 1.28. The van der Waals surface area contributed by atoms with E-state index < -0.39 is 11.9 Å². The Balaban J connectivity index is 1.85. The number of anilines is 1. The maximum absolute atomic E-state index is 12.6. The van der Waals surface area contributed by atoms with Gasteiger partial charge in [-0.1, -0.05) is 6.42 Å². The molecule has 2 bridgehead atoms. The van der Waals surface area contributed by atoms with Gasteiger partial charge in [0.25, 0.3) is 5.91 Å². The third-order valence-electron chi connectivity index (χ3n) is 5.08. The lowest BCUT2D eigenvalue weighted by Crippen LogP contribution is -2.27. The predicted octanol–water partition coefficient (Wildman–Crippen LogP) is 2.32. The van der Waals surface area contributed by atoms with Crippen LogP contribution in [0.5, 0.6) is 0 Å². The van der Waals surface area contributed by atoms with Crippen LogP contribution in [0.25, 0.3) is 0 Å². The molecule has 3 N–H and O–H groups in total. The van der Waals surface area contributed by atoms with Crippen molar-refractivity contribution in [2.45, 2.75) is 32.6 Å². The van der Waals surface area contributed by atoms with Crippen LogP contribution in [0, 0.1) is 24.7 Å². The van der Waals surface area contributed by atoms with Crippen LogP contribution < -0.4 is 11.1 Å². The van der Waals surface area contributed by atoms with Crippen molar-refractivity contribution in [3.63, 3.8) is 0 Å². The van der Waals surface area contributed by atoms with E-state index >= 15 is 0 Å². The minimum absolute atomic E-state index is 0.00143. The van der Waals surface area contributed by atoms with Crippen molar-refractivity contribution >= 4 is 34.1 Å². The molecule has 1 heterocycles. The van der Waals surface area contributed by atoms with Gasteiger partial charge in [-0.25, -0.2) is 4.79 Å². The van der Waals surface area contributed by atoms with Crippen molar-refractivity contribution in [3.8, 4) is 0 Å². The van der Waals surface area contributed by atoms with Gasteiger partial charge in [0.2, 0.25) is 5.91 Å². The molecular weight excluding hydrogens is 316 g/mol. The van der Waals surface area contributed by atoms with Crippen LogP contribution in [0.4, 0.5) is 5.00 Å². The van der Waals surface area contributed by atoms with Gasteiger partial charge in [0, 0.05) is 5.92 Å². The molecule has 0 radical (unpaired) electrons. The third kappa shape index (κ3) is 2.73. The number of ether oxygens (including phenoxy) is 1. The Bertz CT molecular complexity index is 682. The number of rotatable bonds is 4. The smallest absolute Gasteiger partial charge is 0.348 e. The zero-order chi connectivity index (χ0) is 16.7. The second kappa shape index (κ2) is 5.96. The van der Waals surface area contributed by atoms with Gasteiger partial charge in [0.05, 0.1) is 12.7 Å². The van der Waals surface area contributed by atoms with Crippen LogP contribution in [-0.2, 0) is 9.53 Å². The van der Waals surface area contributed by atoms with E-state index in [1.54, 1.807) is 6.92 Å². The molecule has 0 spiro atoms. The zero-order valence-corrected chi connectivity index (χ0v) is 14.0. The van der Waals surface area contributed by atoms with Crippen LogP contribution in [0.15, 0.2) is 0 Å². The number of hydrogen-bond donors (Lipinski definition) is 2. The van der Waals surface area contributed by atoms with Crippen LogP contribution in [-0.4, -0.2) is 24.9 Å².